The van der Waals surface area contributed by atoms with Gasteiger partial charge in [0.15, 0.2) is 17.4 Å². The first-order valence-electron chi connectivity index (χ1n) is 5.90. The van der Waals surface area contributed by atoms with Crippen LogP contribution in [0, 0.1) is 11.6 Å². The zero-order valence-corrected chi connectivity index (χ0v) is 10.3. The van der Waals surface area contributed by atoms with Gasteiger partial charge in [-0.3, -0.25) is 4.79 Å². The van der Waals surface area contributed by atoms with Gasteiger partial charge in [-0.1, -0.05) is 13.0 Å². The van der Waals surface area contributed by atoms with Crippen LogP contribution in [0.3, 0.4) is 0 Å². The van der Waals surface area contributed by atoms with Crippen LogP contribution < -0.4 is 0 Å². The van der Waals surface area contributed by atoms with Crippen molar-refractivity contribution >= 4 is 5.78 Å². The smallest absolute Gasteiger partial charge is 0.169 e. The first kappa shape index (κ1) is 14.7. The highest BCUT2D eigenvalue weighted by Gasteiger charge is 2.15. The fraction of sp³-hybridized carbons (Fsp3) is 0.462. The normalized spacial score (nSPS) is 10.9. The lowest BCUT2D eigenvalue weighted by Crippen LogP contribution is -2.29. The molecule has 3 nitrogen and oxygen atoms in total. The van der Waals surface area contributed by atoms with Crippen molar-refractivity contribution in [3.63, 3.8) is 0 Å². The molecular formula is C13H17F2NO2. The number of aliphatic hydroxyl groups excluding tert-OH is 1. The van der Waals surface area contributed by atoms with E-state index >= 15 is 0 Å². The van der Waals surface area contributed by atoms with E-state index in [-0.39, 0.29) is 18.6 Å². The summed E-state index contributed by atoms with van der Waals surface area (Å²) in [5.41, 5.74) is -0.213. The summed E-state index contributed by atoms with van der Waals surface area (Å²) in [5.74, 6) is -2.53. The van der Waals surface area contributed by atoms with Gasteiger partial charge in [-0.05, 0) is 18.7 Å². The number of aliphatic hydroxyl groups is 1. The Kier molecular flexibility index (Phi) is 5.88. The van der Waals surface area contributed by atoms with E-state index in [9.17, 15) is 13.6 Å². The van der Waals surface area contributed by atoms with E-state index in [1.165, 1.54) is 12.1 Å². The van der Waals surface area contributed by atoms with Gasteiger partial charge in [-0.2, -0.15) is 0 Å². The quantitative estimate of drug-likeness (QED) is 0.758. The average Bonchev–Trinajstić information content (AvgIpc) is 2.37. The predicted octanol–water partition coefficient (Wildman–Crippen LogP) is 1.85. The van der Waals surface area contributed by atoms with Crippen LogP contribution in [0.25, 0.3) is 0 Å². The fourth-order valence-corrected chi connectivity index (χ4v) is 1.68. The molecule has 0 aliphatic carbocycles. The third-order valence-corrected chi connectivity index (χ3v) is 2.77. The third kappa shape index (κ3) is 3.85. The highest BCUT2D eigenvalue weighted by Crippen LogP contribution is 2.13. The molecule has 0 aliphatic rings. The number of carbonyl (C=O) groups is 1. The molecule has 0 spiro atoms. The number of hydrogen-bond acceptors (Lipinski definition) is 3. The summed E-state index contributed by atoms with van der Waals surface area (Å²) >= 11 is 0. The van der Waals surface area contributed by atoms with Gasteiger partial charge in [0.25, 0.3) is 0 Å². The van der Waals surface area contributed by atoms with Crippen LogP contribution in [0.1, 0.15) is 23.7 Å². The summed E-state index contributed by atoms with van der Waals surface area (Å²) in [6, 6.07) is 3.58. The number of benzene rings is 1. The molecule has 5 heteroatoms. The summed E-state index contributed by atoms with van der Waals surface area (Å²) in [6.07, 6.45) is 0.105. The molecule has 0 radical (unpaired) electrons. The van der Waals surface area contributed by atoms with E-state index in [0.717, 1.165) is 6.07 Å². The van der Waals surface area contributed by atoms with Crippen LogP contribution >= 0.6 is 0 Å². The molecule has 0 bridgehead atoms. The van der Waals surface area contributed by atoms with Crippen LogP contribution in [0.15, 0.2) is 18.2 Å². The van der Waals surface area contributed by atoms with Crippen molar-refractivity contribution < 1.29 is 18.7 Å². The summed E-state index contributed by atoms with van der Waals surface area (Å²) in [4.78, 5) is 13.6. The molecule has 0 unspecified atom stereocenters. The number of ketones is 1. The Hall–Kier alpha value is -1.33. The van der Waals surface area contributed by atoms with Gasteiger partial charge in [0, 0.05) is 19.5 Å². The molecule has 0 fully saturated rings. The highest BCUT2D eigenvalue weighted by atomic mass is 19.2. The lowest BCUT2D eigenvalue weighted by atomic mass is 10.1. The van der Waals surface area contributed by atoms with Crippen LogP contribution in [0.2, 0.25) is 0 Å². The second-order valence-corrected chi connectivity index (χ2v) is 3.93. The minimum absolute atomic E-state index is 0.0103. The maximum atomic E-state index is 13.4. The van der Waals surface area contributed by atoms with Crippen LogP contribution in [-0.4, -0.2) is 42.0 Å². The van der Waals surface area contributed by atoms with Gasteiger partial charge >= 0.3 is 0 Å². The summed E-state index contributed by atoms with van der Waals surface area (Å²) in [6.45, 7) is 3.50. The minimum Gasteiger partial charge on any atom is -0.395 e. The largest absolute Gasteiger partial charge is 0.395 e. The Morgan fingerprint density at radius 3 is 2.67 bits per heavy atom. The van der Waals surface area contributed by atoms with E-state index in [1.807, 2.05) is 11.8 Å². The average molecular weight is 257 g/mol. The van der Waals surface area contributed by atoms with Gasteiger partial charge in [-0.15, -0.1) is 0 Å². The lowest BCUT2D eigenvalue weighted by Gasteiger charge is -2.18. The first-order valence-corrected chi connectivity index (χ1v) is 5.90. The SMILES string of the molecule is CCN(CCO)CCC(=O)c1cccc(F)c1F. The van der Waals surface area contributed by atoms with Crippen LogP contribution in [0.5, 0.6) is 0 Å². The fourth-order valence-electron chi connectivity index (χ4n) is 1.68. The molecule has 0 aliphatic heterocycles. The van der Waals surface area contributed by atoms with Gasteiger partial charge in [-0.25, -0.2) is 8.78 Å². The van der Waals surface area contributed by atoms with Crippen molar-refractivity contribution in [3.8, 4) is 0 Å². The van der Waals surface area contributed by atoms with Gasteiger partial charge in [0.05, 0.1) is 12.2 Å². The Bertz CT molecular complexity index is 410. The second-order valence-electron chi connectivity index (χ2n) is 3.93. The van der Waals surface area contributed by atoms with E-state index in [1.54, 1.807) is 0 Å². The summed E-state index contributed by atoms with van der Waals surface area (Å²) < 4.78 is 26.3. The molecular weight excluding hydrogens is 240 g/mol. The van der Waals surface area contributed by atoms with Crippen LogP contribution in [-0.2, 0) is 0 Å². The molecule has 1 aromatic rings. The molecule has 0 heterocycles. The standard InChI is InChI=1S/C13H17F2NO2/c1-2-16(8-9-17)7-6-12(18)10-4-3-5-11(14)13(10)15/h3-5,17H,2,6-9H2,1H3. The predicted molar refractivity (Wildman–Crippen MR) is 64.5 cm³/mol. The molecule has 100 valence electrons. The van der Waals surface area contributed by atoms with Gasteiger partial charge < -0.3 is 10.0 Å². The Labute approximate surface area is 105 Å². The number of hydrogen-bond donors (Lipinski definition) is 1. The van der Waals surface area contributed by atoms with E-state index < -0.39 is 17.4 Å². The molecule has 1 aromatic carbocycles. The lowest BCUT2D eigenvalue weighted by molar-refractivity contribution is 0.0954. The Morgan fingerprint density at radius 1 is 1.33 bits per heavy atom. The minimum atomic E-state index is -1.09. The molecule has 0 atom stereocenters. The molecule has 0 aromatic heterocycles. The number of likely N-dealkylation sites (N-methyl/N-ethyl adjacent to an activating group) is 1. The number of nitrogens with zero attached hydrogens (tertiary/aromatic N) is 1. The Morgan fingerprint density at radius 2 is 2.06 bits per heavy atom. The van der Waals surface area contributed by atoms with Crippen molar-refractivity contribution in [2.24, 2.45) is 0 Å². The molecule has 1 rings (SSSR count). The number of halogens is 2. The molecule has 0 saturated carbocycles. The van der Waals surface area contributed by atoms with Crippen molar-refractivity contribution in [3.05, 3.63) is 35.4 Å². The first-order chi connectivity index (χ1) is 8.60. The summed E-state index contributed by atoms with van der Waals surface area (Å²) in [5, 5.41) is 8.79. The monoisotopic (exact) mass is 257 g/mol. The topological polar surface area (TPSA) is 40.5 Å². The zero-order valence-electron chi connectivity index (χ0n) is 10.3. The van der Waals surface area contributed by atoms with E-state index in [4.69, 9.17) is 5.11 Å². The summed E-state index contributed by atoms with van der Waals surface area (Å²) in [7, 11) is 0. The second kappa shape index (κ2) is 7.18. The number of carbonyl (C=O) groups excluding carboxylic acids is 1. The molecule has 1 N–H and O–H groups in total. The maximum Gasteiger partial charge on any atom is 0.169 e. The van der Waals surface area contributed by atoms with E-state index in [2.05, 4.69) is 0 Å². The molecule has 0 amide bonds. The van der Waals surface area contributed by atoms with Crippen molar-refractivity contribution in [2.75, 3.05) is 26.2 Å². The Balaban J connectivity index is 2.62. The van der Waals surface area contributed by atoms with Crippen molar-refractivity contribution in [2.45, 2.75) is 13.3 Å². The molecule has 0 saturated heterocycles. The van der Waals surface area contributed by atoms with Crippen molar-refractivity contribution in [1.82, 2.24) is 4.90 Å². The van der Waals surface area contributed by atoms with E-state index in [0.29, 0.717) is 19.6 Å². The zero-order chi connectivity index (χ0) is 13.5. The van der Waals surface area contributed by atoms with Gasteiger partial charge in [0.1, 0.15) is 0 Å². The maximum absolute atomic E-state index is 13.4. The van der Waals surface area contributed by atoms with Crippen molar-refractivity contribution in [1.29, 1.82) is 0 Å². The number of Topliss-reactive ketones (excluding diaryl/α,β-unsaturated/α-hetero) is 1. The van der Waals surface area contributed by atoms with Crippen LogP contribution in [0.4, 0.5) is 8.78 Å². The number of rotatable bonds is 7. The van der Waals surface area contributed by atoms with Gasteiger partial charge in [0.2, 0.25) is 0 Å². The highest BCUT2D eigenvalue weighted by molar-refractivity contribution is 5.96. The third-order valence-electron chi connectivity index (χ3n) is 2.77. The molecule has 18 heavy (non-hydrogen) atoms.